The van der Waals surface area contributed by atoms with E-state index < -0.39 is 25.8 Å². The quantitative estimate of drug-likeness (QED) is 0.560. The molecule has 2 aromatic rings. The zero-order valence-electron chi connectivity index (χ0n) is 14.6. The highest BCUT2D eigenvalue weighted by Crippen LogP contribution is 2.44. The number of benzene rings is 2. The molecule has 0 saturated heterocycles. The molecule has 2 rings (SSSR count). The third-order valence-corrected chi connectivity index (χ3v) is 4.61. The molecule has 0 radical (unpaired) electrons. The maximum Gasteiger partial charge on any atom is 0.472 e. The SMILES string of the molecule is CCOP(=O)(O)O[C@@H](Cc1ccccc1)C(=O)Nc1ccc(C(=O)O)cc1. The summed E-state index contributed by atoms with van der Waals surface area (Å²) in [6.45, 7) is 1.48. The average Bonchev–Trinajstić information content (AvgIpc) is 2.62. The number of phosphoric ester groups is 1. The second-order valence-corrected chi connectivity index (χ2v) is 6.95. The van der Waals surface area contributed by atoms with Crippen LogP contribution in [0.1, 0.15) is 22.8 Å². The molecule has 2 aromatic carbocycles. The molecule has 3 N–H and O–H groups in total. The van der Waals surface area contributed by atoms with E-state index in [9.17, 15) is 19.0 Å². The van der Waals surface area contributed by atoms with Gasteiger partial charge in [-0.15, -0.1) is 0 Å². The number of carbonyl (C=O) groups is 2. The number of aromatic carboxylic acids is 1. The third kappa shape index (κ3) is 6.62. The Labute approximate surface area is 156 Å². The Kier molecular flexibility index (Phi) is 7.27. The predicted molar refractivity (Wildman–Crippen MR) is 98.5 cm³/mol. The van der Waals surface area contributed by atoms with Gasteiger partial charge in [-0.2, -0.15) is 0 Å². The van der Waals surface area contributed by atoms with E-state index in [0.29, 0.717) is 5.69 Å². The second kappa shape index (κ2) is 9.43. The highest BCUT2D eigenvalue weighted by molar-refractivity contribution is 7.47. The van der Waals surface area contributed by atoms with E-state index in [-0.39, 0.29) is 18.6 Å². The van der Waals surface area contributed by atoms with E-state index in [2.05, 4.69) is 9.84 Å². The van der Waals surface area contributed by atoms with Crippen LogP contribution in [0, 0.1) is 0 Å². The van der Waals surface area contributed by atoms with Crippen LogP contribution in [0.3, 0.4) is 0 Å². The number of anilines is 1. The molecule has 0 saturated carbocycles. The molecule has 0 bridgehead atoms. The molecule has 0 heterocycles. The van der Waals surface area contributed by atoms with Crippen LogP contribution in [0.15, 0.2) is 54.6 Å². The number of carboxylic acids is 1. The zero-order valence-corrected chi connectivity index (χ0v) is 15.5. The lowest BCUT2D eigenvalue weighted by Gasteiger charge is -2.20. The van der Waals surface area contributed by atoms with Crippen molar-refractivity contribution in [3.8, 4) is 0 Å². The van der Waals surface area contributed by atoms with Gasteiger partial charge in [0, 0.05) is 12.1 Å². The number of carboxylic acid groups (broad SMARTS) is 1. The number of nitrogens with one attached hydrogen (secondary N) is 1. The van der Waals surface area contributed by atoms with E-state index in [1.54, 1.807) is 30.3 Å². The van der Waals surface area contributed by atoms with Crippen LogP contribution in [-0.2, 0) is 24.8 Å². The van der Waals surface area contributed by atoms with Crippen LogP contribution < -0.4 is 5.32 Å². The van der Waals surface area contributed by atoms with Crippen LogP contribution in [0.2, 0.25) is 0 Å². The molecule has 0 spiro atoms. The Morgan fingerprint density at radius 3 is 2.30 bits per heavy atom. The van der Waals surface area contributed by atoms with Crippen LogP contribution >= 0.6 is 7.82 Å². The standard InChI is InChI=1S/C18H20NO7P/c1-2-25-27(23,24)26-16(12-13-6-4-3-5-7-13)17(20)19-15-10-8-14(9-11-15)18(21)22/h3-11,16H,2,12H2,1H3,(H,19,20)(H,21,22)(H,23,24)/t16-/m0/s1. The Balaban J connectivity index is 2.16. The van der Waals surface area contributed by atoms with Gasteiger partial charge in [-0.05, 0) is 36.8 Å². The van der Waals surface area contributed by atoms with Gasteiger partial charge < -0.3 is 15.3 Å². The molecule has 0 aliphatic heterocycles. The van der Waals surface area contributed by atoms with Crippen LogP contribution in [0.5, 0.6) is 0 Å². The number of hydrogen-bond acceptors (Lipinski definition) is 5. The average molecular weight is 393 g/mol. The van der Waals surface area contributed by atoms with Crippen molar-refractivity contribution in [2.75, 3.05) is 11.9 Å². The maximum absolute atomic E-state index is 12.6. The van der Waals surface area contributed by atoms with E-state index in [0.717, 1.165) is 5.56 Å². The smallest absolute Gasteiger partial charge is 0.472 e. The van der Waals surface area contributed by atoms with Crippen molar-refractivity contribution < 1.29 is 33.2 Å². The summed E-state index contributed by atoms with van der Waals surface area (Å²) in [6, 6.07) is 14.4. The van der Waals surface area contributed by atoms with Crippen LogP contribution in [0.25, 0.3) is 0 Å². The van der Waals surface area contributed by atoms with Gasteiger partial charge in [-0.3, -0.25) is 13.8 Å². The largest absolute Gasteiger partial charge is 0.478 e. The van der Waals surface area contributed by atoms with Gasteiger partial charge in [0.2, 0.25) is 0 Å². The molecule has 9 heteroatoms. The highest BCUT2D eigenvalue weighted by Gasteiger charge is 2.31. The van der Waals surface area contributed by atoms with Gasteiger partial charge >= 0.3 is 13.8 Å². The lowest BCUT2D eigenvalue weighted by atomic mass is 10.1. The number of amides is 1. The highest BCUT2D eigenvalue weighted by atomic mass is 31.2. The summed E-state index contributed by atoms with van der Waals surface area (Å²) >= 11 is 0. The maximum atomic E-state index is 12.6. The van der Waals surface area contributed by atoms with E-state index in [1.165, 1.54) is 31.2 Å². The van der Waals surface area contributed by atoms with Crippen LogP contribution in [-0.4, -0.2) is 34.6 Å². The van der Waals surface area contributed by atoms with E-state index in [4.69, 9.17) is 9.63 Å². The van der Waals surface area contributed by atoms with Gasteiger partial charge in [0.1, 0.15) is 0 Å². The molecule has 0 aromatic heterocycles. The van der Waals surface area contributed by atoms with Gasteiger partial charge in [-0.25, -0.2) is 9.36 Å². The van der Waals surface area contributed by atoms with Crippen molar-refractivity contribution in [1.82, 2.24) is 0 Å². The normalized spacial score (nSPS) is 14.1. The lowest BCUT2D eigenvalue weighted by molar-refractivity contribution is -0.123. The molecule has 8 nitrogen and oxygen atoms in total. The summed E-state index contributed by atoms with van der Waals surface area (Å²) in [5, 5.41) is 11.5. The minimum absolute atomic E-state index is 0.0515. The van der Waals surface area contributed by atoms with E-state index in [1.807, 2.05) is 0 Å². The summed E-state index contributed by atoms with van der Waals surface area (Å²) in [6.07, 6.45) is -1.23. The van der Waals surface area contributed by atoms with Crippen molar-refractivity contribution in [3.05, 3.63) is 65.7 Å². The minimum Gasteiger partial charge on any atom is -0.478 e. The summed E-state index contributed by atoms with van der Waals surface area (Å²) < 4.78 is 21.7. The Morgan fingerprint density at radius 2 is 1.74 bits per heavy atom. The zero-order chi connectivity index (χ0) is 19.9. The number of carbonyl (C=O) groups excluding carboxylic acids is 1. The van der Waals surface area contributed by atoms with Gasteiger partial charge in [-0.1, -0.05) is 30.3 Å². The molecule has 2 atom stereocenters. The Morgan fingerprint density at radius 1 is 1.11 bits per heavy atom. The fourth-order valence-electron chi connectivity index (χ4n) is 2.28. The first-order valence-corrected chi connectivity index (χ1v) is 9.64. The van der Waals surface area contributed by atoms with E-state index >= 15 is 0 Å². The summed E-state index contributed by atoms with van der Waals surface area (Å²) in [5.41, 5.74) is 1.13. The van der Waals surface area contributed by atoms with Crippen molar-refractivity contribution >= 4 is 25.4 Å². The molecule has 27 heavy (non-hydrogen) atoms. The molecule has 1 amide bonds. The van der Waals surface area contributed by atoms with Gasteiger partial charge in [0.25, 0.3) is 5.91 Å². The van der Waals surface area contributed by atoms with Crippen molar-refractivity contribution in [2.45, 2.75) is 19.4 Å². The summed E-state index contributed by atoms with van der Waals surface area (Å²) in [4.78, 5) is 33.2. The number of phosphoric acid groups is 1. The molecule has 0 aliphatic rings. The monoisotopic (exact) mass is 393 g/mol. The lowest BCUT2D eigenvalue weighted by Crippen LogP contribution is -2.32. The van der Waals surface area contributed by atoms with Crippen LogP contribution in [0.4, 0.5) is 5.69 Å². The minimum atomic E-state index is -4.40. The second-order valence-electron chi connectivity index (χ2n) is 5.54. The molecular weight excluding hydrogens is 373 g/mol. The summed E-state index contributed by atoms with van der Waals surface area (Å²) in [5.74, 6) is -1.74. The molecule has 144 valence electrons. The first-order valence-electron chi connectivity index (χ1n) is 8.14. The number of rotatable bonds is 9. The topological polar surface area (TPSA) is 122 Å². The molecule has 0 aliphatic carbocycles. The van der Waals surface area contributed by atoms with Crippen molar-refractivity contribution in [1.29, 1.82) is 0 Å². The number of hydrogen-bond donors (Lipinski definition) is 3. The van der Waals surface area contributed by atoms with Crippen molar-refractivity contribution in [3.63, 3.8) is 0 Å². The first kappa shape index (κ1) is 20.8. The van der Waals surface area contributed by atoms with Gasteiger partial charge in [0.05, 0.1) is 12.2 Å². The fraction of sp³-hybridized carbons (Fsp3) is 0.222. The Hall–Kier alpha value is -2.51. The fourth-order valence-corrected chi connectivity index (χ4v) is 3.16. The molecule has 1 unspecified atom stereocenters. The predicted octanol–water partition coefficient (Wildman–Crippen LogP) is 3.09. The molecule has 0 fully saturated rings. The Bertz CT molecular complexity index is 823. The van der Waals surface area contributed by atoms with Crippen molar-refractivity contribution in [2.24, 2.45) is 0 Å². The third-order valence-electron chi connectivity index (χ3n) is 3.51. The molecular formula is C18H20NO7P. The first-order chi connectivity index (χ1) is 12.8. The summed E-state index contributed by atoms with van der Waals surface area (Å²) in [7, 11) is -4.40. The van der Waals surface area contributed by atoms with Gasteiger partial charge in [0.15, 0.2) is 6.10 Å².